The summed E-state index contributed by atoms with van der Waals surface area (Å²) in [6.45, 7) is 8.62. The van der Waals surface area contributed by atoms with Gasteiger partial charge in [0.15, 0.2) is 5.96 Å². The van der Waals surface area contributed by atoms with Crippen molar-refractivity contribution in [1.82, 2.24) is 5.32 Å². The third kappa shape index (κ3) is 12.0. The van der Waals surface area contributed by atoms with E-state index < -0.39 is 0 Å². The summed E-state index contributed by atoms with van der Waals surface area (Å²) in [4.78, 5) is 4.24. The molecule has 16 heavy (non-hydrogen) atoms. The summed E-state index contributed by atoms with van der Waals surface area (Å²) in [5.41, 5.74) is 5.70. The molecule has 0 aromatic carbocycles. The van der Waals surface area contributed by atoms with Crippen LogP contribution < -0.4 is 11.1 Å². The fraction of sp³-hybridized carbons (Fsp3) is 0.909. The van der Waals surface area contributed by atoms with Crippen LogP contribution in [0.5, 0.6) is 0 Å². The average Bonchev–Trinajstić information content (AvgIpc) is 2.23. The van der Waals surface area contributed by atoms with Crippen molar-refractivity contribution in [3.8, 4) is 0 Å². The number of nitrogens with two attached hydrogens (primary N) is 1. The molecule has 1 atom stereocenters. The molecule has 0 saturated heterocycles. The lowest BCUT2D eigenvalue weighted by Crippen LogP contribution is -2.38. The van der Waals surface area contributed by atoms with Crippen LogP contribution in [0.4, 0.5) is 0 Å². The van der Waals surface area contributed by atoms with E-state index in [0.29, 0.717) is 12.0 Å². The minimum absolute atomic E-state index is 0. The van der Waals surface area contributed by atoms with Crippen LogP contribution in [0.3, 0.4) is 0 Å². The maximum Gasteiger partial charge on any atom is 0.188 e. The molecule has 0 rings (SSSR count). The third-order valence-corrected chi connectivity index (χ3v) is 2.19. The summed E-state index contributed by atoms with van der Waals surface area (Å²) in [7, 11) is 0. The highest BCUT2D eigenvalue weighted by molar-refractivity contribution is 14.0. The molecule has 0 aliphatic carbocycles. The predicted molar refractivity (Wildman–Crippen MR) is 80.5 cm³/mol. The maximum atomic E-state index is 5.70. The second-order valence-corrected chi connectivity index (χ2v) is 3.62. The van der Waals surface area contributed by atoms with Crippen LogP contribution in [-0.4, -0.2) is 31.8 Å². The zero-order chi connectivity index (χ0) is 11.5. The lowest BCUT2D eigenvalue weighted by molar-refractivity contribution is 0.144. The number of hydrogen-bond donors (Lipinski definition) is 2. The Hall–Kier alpha value is -0.0400. The van der Waals surface area contributed by atoms with Crippen LogP contribution in [0, 0.1) is 0 Å². The first kappa shape index (κ1) is 18.3. The zero-order valence-corrected chi connectivity index (χ0v) is 13.0. The number of aliphatic imine (C=N–C) groups is 1. The molecule has 0 aromatic rings. The van der Waals surface area contributed by atoms with Crippen LogP contribution in [-0.2, 0) is 4.74 Å². The van der Waals surface area contributed by atoms with Crippen LogP contribution in [0.1, 0.15) is 40.0 Å². The maximum absolute atomic E-state index is 5.70. The van der Waals surface area contributed by atoms with Crippen molar-refractivity contribution < 1.29 is 4.74 Å². The smallest absolute Gasteiger partial charge is 0.188 e. The molecule has 0 heterocycles. The summed E-state index contributed by atoms with van der Waals surface area (Å²) in [6, 6.07) is 0.400. The van der Waals surface area contributed by atoms with Crippen LogP contribution in [0.25, 0.3) is 0 Å². The molecule has 0 bridgehead atoms. The van der Waals surface area contributed by atoms with Crippen molar-refractivity contribution in [2.75, 3.05) is 19.8 Å². The molecule has 0 aliphatic heterocycles. The quantitative estimate of drug-likeness (QED) is 0.307. The van der Waals surface area contributed by atoms with E-state index in [0.717, 1.165) is 39.0 Å². The molecule has 1 unspecified atom stereocenters. The number of unbranched alkanes of at least 4 members (excludes halogenated alkanes) is 1. The molecule has 0 spiro atoms. The average molecular weight is 343 g/mol. The Labute approximate surface area is 116 Å². The number of ether oxygens (including phenoxy) is 1. The molecule has 5 heteroatoms. The van der Waals surface area contributed by atoms with Crippen molar-refractivity contribution in [2.24, 2.45) is 10.7 Å². The van der Waals surface area contributed by atoms with Gasteiger partial charge < -0.3 is 15.8 Å². The highest BCUT2D eigenvalue weighted by Crippen LogP contribution is 1.91. The largest absolute Gasteiger partial charge is 0.382 e. The van der Waals surface area contributed by atoms with E-state index in [2.05, 4.69) is 24.2 Å². The Morgan fingerprint density at radius 1 is 1.38 bits per heavy atom. The lowest BCUT2D eigenvalue weighted by Gasteiger charge is -2.11. The van der Waals surface area contributed by atoms with Gasteiger partial charge in [-0.05, 0) is 33.1 Å². The van der Waals surface area contributed by atoms with Crippen LogP contribution >= 0.6 is 24.0 Å². The minimum Gasteiger partial charge on any atom is -0.382 e. The van der Waals surface area contributed by atoms with Crippen molar-refractivity contribution in [2.45, 2.75) is 46.1 Å². The summed E-state index contributed by atoms with van der Waals surface area (Å²) in [6.07, 6.45) is 3.14. The highest BCUT2D eigenvalue weighted by atomic mass is 127. The number of halogens is 1. The molecule has 0 fully saturated rings. The molecular weight excluding hydrogens is 317 g/mol. The second kappa shape index (κ2) is 13.0. The van der Waals surface area contributed by atoms with E-state index in [9.17, 15) is 0 Å². The summed E-state index contributed by atoms with van der Waals surface area (Å²) in [5, 5.41) is 3.13. The zero-order valence-electron chi connectivity index (χ0n) is 10.7. The Kier molecular flexibility index (Phi) is 14.9. The highest BCUT2D eigenvalue weighted by Gasteiger charge is 1.97. The van der Waals surface area contributed by atoms with Gasteiger partial charge >= 0.3 is 0 Å². The van der Waals surface area contributed by atoms with Gasteiger partial charge in [0, 0.05) is 25.8 Å². The number of guanidine groups is 1. The summed E-state index contributed by atoms with van der Waals surface area (Å²) >= 11 is 0. The first-order chi connectivity index (χ1) is 7.20. The number of nitrogens with zero attached hydrogens (tertiary/aromatic N) is 1. The van der Waals surface area contributed by atoms with E-state index in [1.165, 1.54) is 0 Å². The van der Waals surface area contributed by atoms with Gasteiger partial charge in [-0.1, -0.05) is 6.92 Å². The molecule has 3 N–H and O–H groups in total. The summed E-state index contributed by atoms with van der Waals surface area (Å²) < 4.78 is 5.23. The van der Waals surface area contributed by atoms with Gasteiger partial charge in [0.05, 0.1) is 0 Å². The van der Waals surface area contributed by atoms with Gasteiger partial charge in [-0.15, -0.1) is 24.0 Å². The normalized spacial score (nSPS) is 13.1. The Balaban J connectivity index is 0. The number of rotatable bonds is 8. The fourth-order valence-electron chi connectivity index (χ4n) is 1.06. The molecule has 0 saturated carbocycles. The Morgan fingerprint density at radius 2 is 2.06 bits per heavy atom. The van der Waals surface area contributed by atoms with Gasteiger partial charge in [0.2, 0.25) is 0 Å². The molecular formula is C11H26IN3O. The van der Waals surface area contributed by atoms with Gasteiger partial charge in [-0.2, -0.15) is 0 Å². The van der Waals surface area contributed by atoms with E-state index in [-0.39, 0.29) is 24.0 Å². The molecule has 0 radical (unpaired) electrons. The molecule has 0 amide bonds. The van der Waals surface area contributed by atoms with E-state index in [1.54, 1.807) is 0 Å². The molecule has 0 aromatic heterocycles. The fourth-order valence-corrected chi connectivity index (χ4v) is 1.06. The van der Waals surface area contributed by atoms with Crippen LogP contribution in [0.2, 0.25) is 0 Å². The number of nitrogens with one attached hydrogen (secondary N) is 1. The van der Waals surface area contributed by atoms with Gasteiger partial charge in [0.1, 0.15) is 0 Å². The van der Waals surface area contributed by atoms with Crippen molar-refractivity contribution in [1.29, 1.82) is 0 Å². The Bertz CT molecular complexity index is 177. The second-order valence-electron chi connectivity index (χ2n) is 3.62. The lowest BCUT2D eigenvalue weighted by atomic mass is 10.3. The van der Waals surface area contributed by atoms with Crippen molar-refractivity contribution >= 4 is 29.9 Å². The number of hydrogen-bond acceptors (Lipinski definition) is 2. The van der Waals surface area contributed by atoms with Crippen LogP contribution in [0.15, 0.2) is 4.99 Å². The third-order valence-electron chi connectivity index (χ3n) is 2.19. The predicted octanol–water partition coefficient (Wildman–Crippen LogP) is 2.12. The van der Waals surface area contributed by atoms with E-state index in [1.807, 2.05) is 6.92 Å². The van der Waals surface area contributed by atoms with E-state index >= 15 is 0 Å². The van der Waals surface area contributed by atoms with Crippen molar-refractivity contribution in [3.63, 3.8) is 0 Å². The summed E-state index contributed by atoms with van der Waals surface area (Å²) in [5.74, 6) is 0.556. The first-order valence-corrected chi connectivity index (χ1v) is 5.84. The SMILES string of the molecule is CCOCCCCN=C(N)NC(C)CC.I. The molecule has 98 valence electrons. The minimum atomic E-state index is 0. The molecule has 4 nitrogen and oxygen atoms in total. The van der Waals surface area contributed by atoms with Gasteiger partial charge in [-0.3, -0.25) is 4.99 Å². The molecule has 0 aliphatic rings. The van der Waals surface area contributed by atoms with Crippen molar-refractivity contribution in [3.05, 3.63) is 0 Å². The first-order valence-electron chi connectivity index (χ1n) is 5.84. The monoisotopic (exact) mass is 343 g/mol. The van der Waals surface area contributed by atoms with Gasteiger partial charge in [-0.25, -0.2) is 0 Å². The van der Waals surface area contributed by atoms with E-state index in [4.69, 9.17) is 10.5 Å². The standard InChI is InChI=1S/C11H25N3O.HI/c1-4-10(3)14-11(12)13-8-6-7-9-15-5-2;/h10H,4-9H2,1-3H3,(H3,12,13,14);1H. The topological polar surface area (TPSA) is 59.6 Å². The Morgan fingerprint density at radius 3 is 2.62 bits per heavy atom. The van der Waals surface area contributed by atoms with Gasteiger partial charge in [0.25, 0.3) is 0 Å².